The Morgan fingerprint density at radius 1 is 1.53 bits per heavy atom. The van der Waals surface area contributed by atoms with E-state index in [9.17, 15) is 0 Å². The van der Waals surface area contributed by atoms with E-state index in [1.54, 1.807) is 17.5 Å². The highest BCUT2D eigenvalue weighted by molar-refractivity contribution is 7.71. The number of fused-ring (bicyclic) bond motifs is 1. The monoisotopic (exact) mass is 310 g/mol. The SMILES string of the molecule is Cc1csc(C(C)n2c(=S)[nH]c3cc(Cl)cnc32)n1. The highest BCUT2D eigenvalue weighted by atomic mass is 35.5. The molecule has 0 amide bonds. The van der Waals surface area contributed by atoms with Crippen LogP contribution in [0.2, 0.25) is 5.02 Å². The van der Waals surface area contributed by atoms with Crippen molar-refractivity contribution in [3.8, 4) is 0 Å². The maximum atomic E-state index is 5.94. The molecule has 4 nitrogen and oxygen atoms in total. The number of rotatable bonds is 2. The van der Waals surface area contributed by atoms with Crippen molar-refractivity contribution in [1.29, 1.82) is 0 Å². The van der Waals surface area contributed by atoms with Gasteiger partial charge in [-0.25, -0.2) is 9.97 Å². The Morgan fingerprint density at radius 3 is 3.00 bits per heavy atom. The van der Waals surface area contributed by atoms with E-state index in [1.165, 1.54) is 0 Å². The molecule has 7 heteroatoms. The topological polar surface area (TPSA) is 46.5 Å². The van der Waals surface area contributed by atoms with Crippen molar-refractivity contribution in [2.75, 3.05) is 0 Å². The third-order valence-corrected chi connectivity index (χ3v) is 4.54. The molecule has 0 saturated heterocycles. The first-order valence-corrected chi connectivity index (χ1v) is 7.40. The number of nitrogens with one attached hydrogen (secondary N) is 1. The summed E-state index contributed by atoms with van der Waals surface area (Å²) in [5.74, 6) is 0. The van der Waals surface area contributed by atoms with Gasteiger partial charge in [-0.05, 0) is 32.1 Å². The maximum absolute atomic E-state index is 5.94. The van der Waals surface area contributed by atoms with Crippen LogP contribution in [0.5, 0.6) is 0 Å². The van der Waals surface area contributed by atoms with E-state index in [2.05, 4.69) is 21.9 Å². The van der Waals surface area contributed by atoms with Gasteiger partial charge < -0.3 is 4.98 Å². The Kier molecular flexibility index (Phi) is 3.16. The summed E-state index contributed by atoms with van der Waals surface area (Å²) in [7, 11) is 0. The number of H-pyrrole nitrogens is 1. The van der Waals surface area contributed by atoms with Crippen molar-refractivity contribution in [1.82, 2.24) is 19.5 Å². The molecule has 3 aromatic rings. The van der Waals surface area contributed by atoms with Crippen molar-refractivity contribution in [2.45, 2.75) is 19.9 Å². The lowest BCUT2D eigenvalue weighted by atomic mass is 10.3. The molecule has 3 heterocycles. The molecule has 0 bridgehead atoms. The zero-order valence-electron chi connectivity index (χ0n) is 10.3. The van der Waals surface area contributed by atoms with Gasteiger partial charge in [-0.1, -0.05) is 11.6 Å². The Bertz CT molecular complexity index is 802. The van der Waals surface area contributed by atoms with Gasteiger partial charge in [-0.15, -0.1) is 11.3 Å². The van der Waals surface area contributed by atoms with Gasteiger partial charge in [0.25, 0.3) is 0 Å². The molecule has 1 N–H and O–H groups in total. The van der Waals surface area contributed by atoms with Crippen molar-refractivity contribution >= 4 is 46.3 Å². The molecule has 98 valence electrons. The van der Waals surface area contributed by atoms with Crippen LogP contribution in [0.15, 0.2) is 17.6 Å². The van der Waals surface area contributed by atoms with Crippen LogP contribution in [0.4, 0.5) is 0 Å². The molecule has 1 atom stereocenters. The molecular weight excluding hydrogens is 300 g/mol. The largest absolute Gasteiger partial charge is 0.329 e. The minimum Gasteiger partial charge on any atom is -0.329 e. The van der Waals surface area contributed by atoms with Gasteiger partial charge in [0.1, 0.15) is 5.01 Å². The number of hydrogen-bond acceptors (Lipinski definition) is 4. The van der Waals surface area contributed by atoms with E-state index < -0.39 is 0 Å². The zero-order valence-corrected chi connectivity index (χ0v) is 12.7. The minimum absolute atomic E-state index is 0.0497. The summed E-state index contributed by atoms with van der Waals surface area (Å²) in [5, 5.41) is 3.65. The van der Waals surface area contributed by atoms with Crippen LogP contribution in [0.25, 0.3) is 11.2 Å². The Morgan fingerprint density at radius 2 is 2.32 bits per heavy atom. The van der Waals surface area contributed by atoms with E-state index in [0.717, 1.165) is 21.9 Å². The predicted octanol–water partition coefficient (Wildman–Crippen LogP) is 4.12. The number of aryl methyl sites for hydroxylation is 1. The third kappa shape index (κ3) is 2.20. The number of hydrogen-bond donors (Lipinski definition) is 1. The Hall–Kier alpha value is -1.24. The van der Waals surface area contributed by atoms with Gasteiger partial charge >= 0.3 is 0 Å². The predicted molar refractivity (Wildman–Crippen MR) is 80.6 cm³/mol. The van der Waals surface area contributed by atoms with Crippen LogP contribution >= 0.6 is 35.2 Å². The summed E-state index contributed by atoms with van der Waals surface area (Å²) in [6, 6.07) is 1.88. The summed E-state index contributed by atoms with van der Waals surface area (Å²) >= 11 is 13.0. The fourth-order valence-electron chi connectivity index (χ4n) is 2.02. The van der Waals surface area contributed by atoms with Crippen molar-refractivity contribution < 1.29 is 0 Å². The summed E-state index contributed by atoms with van der Waals surface area (Å²) in [4.78, 5) is 12.0. The average molecular weight is 311 g/mol. The fourth-order valence-corrected chi connectivity index (χ4v) is 3.38. The molecule has 0 aliphatic rings. The molecule has 3 aromatic heterocycles. The number of nitrogens with zero attached hydrogens (tertiary/aromatic N) is 3. The van der Waals surface area contributed by atoms with Gasteiger partial charge in [-0.2, -0.15) is 0 Å². The van der Waals surface area contributed by atoms with Gasteiger partial charge in [0, 0.05) is 17.3 Å². The zero-order chi connectivity index (χ0) is 13.6. The van der Waals surface area contributed by atoms with Gasteiger partial charge in [0.2, 0.25) is 0 Å². The first kappa shape index (κ1) is 12.8. The fraction of sp³-hybridized carbons (Fsp3) is 0.250. The third-order valence-electron chi connectivity index (χ3n) is 2.90. The van der Waals surface area contributed by atoms with Crippen LogP contribution in [0, 0.1) is 11.7 Å². The first-order valence-electron chi connectivity index (χ1n) is 5.74. The summed E-state index contributed by atoms with van der Waals surface area (Å²) < 4.78 is 2.60. The normalized spacial score (nSPS) is 13.0. The maximum Gasteiger partial charge on any atom is 0.179 e. The number of imidazole rings is 1. The molecule has 19 heavy (non-hydrogen) atoms. The van der Waals surface area contributed by atoms with E-state index in [0.29, 0.717) is 9.79 Å². The lowest BCUT2D eigenvalue weighted by Crippen LogP contribution is -2.07. The standard InChI is InChI=1S/C12H11ClN4S2/c1-6-5-19-11(15-6)7(2)17-10-9(16-12(17)18)3-8(13)4-14-10/h3-5,7H,1-2H3,(H,16,18). The average Bonchev–Trinajstić information content (AvgIpc) is 2.91. The molecule has 0 radical (unpaired) electrons. The van der Waals surface area contributed by atoms with E-state index in [1.807, 2.05) is 22.9 Å². The second kappa shape index (κ2) is 4.70. The molecule has 0 spiro atoms. The highest BCUT2D eigenvalue weighted by Gasteiger charge is 2.16. The van der Waals surface area contributed by atoms with Crippen molar-refractivity contribution in [3.63, 3.8) is 0 Å². The highest BCUT2D eigenvalue weighted by Crippen LogP contribution is 2.26. The number of thiazole rings is 1. The first-order chi connectivity index (χ1) is 9.06. The smallest absolute Gasteiger partial charge is 0.179 e. The van der Waals surface area contributed by atoms with Crippen LogP contribution in [-0.2, 0) is 0 Å². The number of aromatic amines is 1. The Labute approximate surface area is 124 Å². The van der Waals surface area contributed by atoms with Gasteiger partial charge in [0.15, 0.2) is 10.4 Å². The minimum atomic E-state index is 0.0497. The van der Waals surface area contributed by atoms with E-state index in [4.69, 9.17) is 23.8 Å². The van der Waals surface area contributed by atoms with Crippen LogP contribution in [0.1, 0.15) is 23.7 Å². The van der Waals surface area contributed by atoms with Crippen molar-refractivity contribution in [3.05, 3.63) is 38.1 Å². The quantitative estimate of drug-likeness (QED) is 0.724. The van der Waals surface area contributed by atoms with Crippen LogP contribution < -0.4 is 0 Å². The summed E-state index contributed by atoms with van der Waals surface area (Å²) in [6.45, 7) is 4.05. The molecule has 0 aliphatic carbocycles. The molecule has 3 rings (SSSR count). The summed E-state index contributed by atoms with van der Waals surface area (Å²) in [6.07, 6.45) is 1.63. The molecule has 0 fully saturated rings. The Balaban J connectivity index is 2.19. The second-order valence-electron chi connectivity index (χ2n) is 4.33. The molecular formula is C12H11ClN4S2. The number of aromatic nitrogens is 4. The molecule has 0 aromatic carbocycles. The lowest BCUT2D eigenvalue weighted by molar-refractivity contribution is 0.638. The van der Waals surface area contributed by atoms with E-state index in [-0.39, 0.29) is 6.04 Å². The lowest BCUT2D eigenvalue weighted by Gasteiger charge is -2.10. The molecule has 1 unspecified atom stereocenters. The molecule has 0 aliphatic heterocycles. The van der Waals surface area contributed by atoms with E-state index >= 15 is 0 Å². The van der Waals surface area contributed by atoms with Gasteiger partial charge in [0.05, 0.1) is 16.6 Å². The van der Waals surface area contributed by atoms with Crippen molar-refractivity contribution in [2.24, 2.45) is 0 Å². The number of halogens is 1. The van der Waals surface area contributed by atoms with Crippen LogP contribution in [-0.4, -0.2) is 19.5 Å². The number of pyridine rings is 1. The second-order valence-corrected chi connectivity index (χ2v) is 6.04. The van der Waals surface area contributed by atoms with Gasteiger partial charge in [-0.3, -0.25) is 4.57 Å². The summed E-state index contributed by atoms with van der Waals surface area (Å²) in [5.41, 5.74) is 2.67. The van der Waals surface area contributed by atoms with Crippen LogP contribution in [0.3, 0.4) is 0 Å². The molecule has 0 saturated carbocycles.